The normalized spacial score (nSPS) is 12.2. The molecule has 0 radical (unpaired) electrons. The fourth-order valence-electron chi connectivity index (χ4n) is 4.79. The van der Waals surface area contributed by atoms with Crippen molar-refractivity contribution in [1.29, 1.82) is 0 Å². The first kappa shape index (κ1) is 36.0. The molecular formula is C31H34N6O8S3. The Labute approximate surface area is 282 Å². The first-order chi connectivity index (χ1) is 22.7. The molecular weight excluding hydrogens is 681 g/mol. The Balaban J connectivity index is 1.82. The van der Waals surface area contributed by atoms with Crippen LogP contribution in [0.25, 0.3) is 10.8 Å². The number of hydrogen-bond donors (Lipinski definition) is 4. The number of rotatable bonds is 15. The minimum absolute atomic E-state index is 0.00874. The van der Waals surface area contributed by atoms with Crippen LogP contribution in [-0.2, 0) is 34.4 Å². The van der Waals surface area contributed by atoms with Crippen LogP contribution in [0.3, 0.4) is 0 Å². The molecule has 0 aromatic heterocycles. The number of carbonyl (C=O) groups excluding carboxylic acids is 3. The summed E-state index contributed by atoms with van der Waals surface area (Å²) in [5.41, 5.74) is 17.2. The molecule has 0 aliphatic carbocycles. The summed E-state index contributed by atoms with van der Waals surface area (Å²) in [6, 6.07) is 18.9. The highest BCUT2D eigenvalue weighted by atomic mass is 32.2. The summed E-state index contributed by atoms with van der Waals surface area (Å²) < 4.78 is 62.5. The summed E-state index contributed by atoms with van der Waals surface area (Å²) in [5.74, 6) is -1.54. The van der Waals surface area contributed by atoms with Gasteiger partial charge in [0.2, 0.25) is 17.7 Å². The third-order valence-electron chi connectivity index (χ3n) is 7.05. The molecule has 0 aliphatic heterocycles. The predicted molar refractivity (Wildman–Crippen MR) is 186 cm³/mol. The van der Waals surface area contributed by atoms with Crippen LogP contribution in [-0.4, -0.2) is 72.8 Å². The second kappa shape index (κ2) is 14.9. The number of nitrogens with one attached hydrogen (secondary N) is 1. The molecule has 7 N–H and O–H groups in total. The van der Waals surface area contributed by atoms with E-state index in [4.69, 9.17) is 21.9 Å². The van der Waals surface area contributed by atoms with E-state index in [2.05, 4.69) is 5.32 Å². The van der Waals surface area contributed by atoms with Crippen LogP contribution < -0.4 is 35.9 Å². The summed E-state index contributed by atoms with van der Waals surface area (Å²) in [6.07, 6.45) is 1.81. The Kier molecular flexibility index (Phi) is 11.2. The van der Waals surface area contributed by atoms with Crippen LogP contribution in [0.5, 0.6) is 5.75 Å². The third kappa shape index (κ3) is 7.82. The zero-order chi connectivity index (χ0) is 35.2. The summed E-state index contributed by atoms with van der Waals surface area (Å²) in [5, 5.41) is 3.09. The molecule has 0 spiro atoms. The van der Waals surface area contributed by atoms with Gasteiger partial charge >= 0.3 is 0 Å². The van der Waals surface area contributed by atoms with Crippen LogP contribution in [0.4, 0.5) is 17.1 Å². The average molecular weight is 715 g/mol. The lowest BCUT2D eigenvalue weighted by Crippen LogP contribution is -2.39. The third-order valence-corrected chi connectivity index (χ3v) is 11.3. The maximum absolute atomic E-state index is 14.0. The first-order valence-electron chi connectivity index (χ1n) is 14.1. The number of hydrogen-bond acceptors (Lipinski definition) is 10. The minimum Gasteiger partial charge on any atom is -0.497 e. The van der Waals surface area contributed by atoms with Gasteiger partial charge in [-0.15, -0.1) is 0 Å². The van der Waals surface area contributed by atoms with E-state index in [1.54, 1.807) is 18.2 Å². The van der Waals surface area contributed by atoms with Crippen molar-refractivity contribution in [1.82, 2.24) is 0 Å². The number of sulfonamides is 2. The summed E-state index contributed by atoms with van der Waals surface area (Å²) in [4.78, 5) is 36.3. The number of ether oxygens (including phenoxy) is 1. The average Bonchev–Trinajstić information content (AvgIpc) is 3.06. The van der Waals surface area contributed by atoms with Crippen molar-refractivity contribution < 1.29 is 36.0 Å². The number of nitrogens with two attached hydrogens (primary N) is 3. The second-order valence-electron chi connectivity index (χ2n) is 10.4. The van der Waals surface area contributed by atoms with Crippen LogP contribution in [0.1, 0.15) is 0 Å². The Morgan fingerprint density at radius 2 is 1.19 bits per heavy atom. The summed E-state index contributed by atoms with van der Waals surface area (Å²) >= 11 is 1.40. The van der Waals surface area contributed by atoms with E-state index >= 15 is 0 Å². The molecule has 14 nitrogen and oxygen atoms in total. The number of primary amides is 2. The lowest BCUT2D eigenvalue weighted by molar-refractivity contribution is -0.117. The number of anilines is 3. The molecule has 48 heavy (non-hydrogen) atoms. The number of amides is 3. The van der Waals surface area contributed by atoms with E-state index in [-0.39, 0.29) is 31.9 Å². The number of fused-ring (bicyclic) bond motifs is 1. The van der Waals surface area contributed by atoms with Crippen molar-refractivity contribution in [3.63, 3.8) is 0 Å². The Bertz CT molecular complexity index is 2040. The number of thioether (sulfide) groups is 1. The van der Waals surface area contributed by atoms with Gasteiger partial charge in [0.25, 0.3) is 20.0 Å². The molecule has 0 saturated heterocycles. The molecule has 3 amide bonds. The van der Waals surface area contributed by atoms with Crippen LogP contribution in [0.2, 0.25) is 0 Å². The zero-order valence-corrected chi connectivity index (χ0v) is 28.3. The van der Waals surface area contributed by atoms with E-state index in [1.165, 1.54) is 85.6 Å². The van der Waals surface area contributed by atoms with Gasteiger partial charge in [-0.2, -0.15) is 11.8 Å². The molecule has 0 bridgehead atoms. The quantitative estimate of drug-likeness (QED) is 0.140. The van der Waals surface area contributed by atoms with Crippen molar-refractivity contribution in [3.05, 3.63) is 84.9 Å². The van der Waals surface area contributed by atoms with Gasteiger partial charge in [-0.3, -0.25) is 23.0 Å². The van der Waals surface area contributed by atoms with Crippen molar-refractivity contribution in [2.24, 2.45) is 17.2 Å². The van der Waals surface area contributed by atoms with Crippen molar-refractivity contribution in [2.45, 2.75) is 15.8 Å². The van der Waals surface area contributed by atoms with Crippen LogP contribution >= 0.6 is 11.8 Å². The van der Waals surface area contributed by atoms with Gasteiger partial charge in [-0.05, 0) is 66.9 Å². The molecule has 4 aromatic rings. The molecule has 0 unspecified atom stereocenters. The lowest BCUT2D eigenvalue weighted by atomic mass is 10.1. The largest absolute Gasteiger partial charge is 0.497 e. The molecule has 0 heterocycles. The number of carbonyl (C=O) groups is 3. The highest BCUT2D eigenvalue weighted by Gasteiger charge is 2.32. The van der Waals surface area contributed by atoms with Gasteiger partial charge in [-0.1, -0.05) is 24.3 Å². The molecule has 1 atom stereocenters. The monoisotopic (exact) mass is 714 g/mol. The maximum atomic E-state index is 14.0. The Hall–Kier alpha value is -4.84. The topological polar surface area (TPSA) is 225 Å². The van der Waals surface area contributed by atoms with Crippen molar-refractivity contribution in [3.8, 4) is 5.75 Å². The van der Waals surface area contributed by atoms with Gasteiger partial charge in [0, 0.05) is 22.2 Å². The standard InChI is InChI=1S/C31H34N6O8S3/c1-45-21-9-13-23(14-10-21)48(43,44)37(18-30(34)39)28-16-15-27(24-5-3-4-6-25(24)28)36(17-29(33)38)47(41,42)22-11-7-20(8-12-22)35-31(40)26(32)19-46-2/h3-16,26H,17-19,32H2,1-2H3,(H2,33,38)(H2,34,39)(H,35,40)/t26-/m0/s1. The predicted octanol–water partition coefficient (Wildman–Crippen LogP) is 1.84. The molecule has 17 heteroatoms. The highest BCUT2D eigenvalue weighted by molar-refractivity contribution is 7.98. The van der Waals surface area contributed by atoms with Crippen LogP contribution in [0.15, 0.2) is 94.7 Å². The van der Waals surface area contributed by atoms with E-state index in [0.717, 1.165) is 8.61 Å². The van der Waals surface area contributed by atoms with Gasteiger partial charge in [-0.25, -0.2) is 16.8 Å². The highest BCUT2D eigenvalue weighted by Crippen LogP contribution is 2.38. The minimum atomic E-state index is -4.47. The Morgan fingerprint density at radius 1 is 0.750 bits per heavy atom. The second-order valence-corrected chi connectivity index (χ2v) is 15.0. The first-order valence-corrected chi connectivity index (χ1v) is 18.4. The fraction of sp³-hybridized carbons (Fsp3) is 0.194. The van der Waals surface area contributed by atoms with Crippen molar-refractivity contribution >= 4 is 77.4 Å². The SMILES string of the molecule is COc1ccc(S(=O)(=O)N(CC(N)=O)c2ccc(N(CC(N)=O)S(=O)(=O)c3ccc(NC(=O)[C@@H](N)CSC)cc3)c3ccccc23)cc1. The fourth-order valence-corrected chi connectivity index (χ4v) is 8.20. The molecule has 4 rings (SSSR count). The lowest BCUT2D eigenvalue weighted by Gasteiger charge is -2.28. The van der Waals surface area contributed by atoms with Gasteiger partial charge < -0.3 is 27.3 Å². The number of benzene rings is 4. The molecule has 254 valence electrons. The summed E-state index contributed by atoms with van der Waals surface area (Å²) in [6.45, 7) is -1.49. The van der Waals surface area contributed by atoms with Crippen molar-refractivity contribution in [2.75, 3.05) is 46.1 Å². The van der Waals surface area contributed by atoms with Gasteiger partial charge in [0.05, 0.1) is 34.3 Å². The van der Waals surface area contributed by atoms with E-state index in [9.17, 15) is 31.2 Å². The van der Waals surface area contributed by atoms with Gasteiger partial charge in [0.1, 0.15) is 18.8 Å². The molecule has 0 aliphatic rings. The summed E-state index contributed by atoms with van der Waals surface area (Å²) in [7, 11) is -7.42. The van der Waals surface area contributed by atoms with E-state index in [0.29, 0.717) is 17.2 Å². The Morgan fingerprint density at radius 3 is 1.58 bits per heavy atom. The number of methoxy groups -OCH3 is 1. The van der Waals surface area contributed by atoms with E-state index in [1.807, 2.05) is 6.26 Å². The molecule has 0 fully saturated rings. The number of nitrogens with zero attached hydrogens (tertiary/aromatic N) is 2. The molecule has 0 saturated carbocycles. The van der Waals surface area contributed by atoms with E-state index < -0.39 is 56.9 Å². The smallest absolute Gasteiger partial charge is 0.264 e. The zero-order valence-electron chi connectivity index (χ0n) is 25.9. The van der Waals surface area contributed by atoms with Crippen LogP contribution in [0, 0.1) is 0 Å². The van der Waals surface area contributed by atoms with Gasteiger partial charge in [0.15, 0.2) is 0 Å². The molecule has 4 aromatic carbocycles. The maximum Gasteiger partial charge on any atom is 0.264 e.